The van der Waals surface area contributed by atoms with Gasteiger partial charge < -0.3 is 5.32 Å². The standard InChI is InChI=1S/C25H23N3O/c29-25(17-20-11-13-22(14-12-20)21-7-2-1-3-8-21)26-18-23-9-4-5-10-24(23)19-28-16-6-15-27-28/h1-16H,17-19H2,(H,26,29). The average Bonchev–Trinajstić information content (AvgIpc) is 3.27. The maximum atomic E-state index is 12.4. The van der Waals surface area contributed by atoms with Crippen molar-refractivity contribution in [2.45, 2.75) is 19.5 Å². The van der Waals surface area contributed by atoms with E-state index < -0.39 is 0 Å². The van der Waals surface area contributed by atoms with Crippen LogP contribution in [0.3, 0.4) is 0 Å². The molecule has 0 unspecified atom stereocenters. The van der Waals surface area contributed by atoms with Crippen molar-refractivity contribution in [1.82, 2.24) is 15.1 Å². The van der Waals surface area contributed by atoms with Crippen LogP contribution in [-0.4, -0.2) is 15.7 Å². The molecule has 4 aromatic rings. The van der Waals surface area contributed by atoms with Crippen molar-refractivity contribution in [1.29, 1.82) is 0 Å². The first-order chi connectivity index (χ1) is 14.3. The average molecular weight is 381 g/mol. The highest BCUT2D eigenvalue weighted by molar-refractivity contribution is 5.79. The molecule has 0 radical (unpaired) electrons. The third kappa shape index (κ3) is 4.99. The highest BCUT2D eigenvalue weighted by Gasteiger charge is 2.07. The van der Waals surface area contributed by atoms with Gasteiger partial charge in [0.1, 0.15) is 0 Å². The number of aromatic nitrogens is 2. The Labute approximate surface area is 170 Å². The molecule has 1 aromatic heterocycles. The Kier molecular flexibility index (Phi) is 5.81. The van der Waals surface area contributed by atoms with Gasteiger partial charge in [0.15, 0.2) is 0 Å². The predicted molar refractivity (Wildman–Crippen MR) is 115 cm³/mol. The van der Waals surface area contributed by atoms with E-state index in [1.54, 1.807) is 6.20 Å². The quantitative estimate of drug-likeness (QED) is 0.514. The van der Waals surface area contributed by atoms with Crippen molar-refractivity contribution in [3.8, 4) is 11.1 Å². The predicted octanol–water partition coefficient (Wildman–Crippen LogP) is 4.46. The van der Waals surface area contributed by atoms with Crippen LogP contribution in [-0.2, 0) is 24.3 Å². The fraction of sp³-hybridized carbons (Fsp3) is 0.120. The molecule has 0 aliphatic heterocycles. The zero-order valence-corrected chi connectivity index (χ0v) is 16.2. The fourth-order valence-corrected chi connectivity index (χ4v) is 3.34. The summed E-state index contributed by atoms with van der Waals surface area (Å²) in [4.78, 5) is 12.4. The van der Waals surface area contributed by atoms with Gasteiger partial charge in [-0.2, -0.15) is 5.10 Å². The lowest BCUT2D eigenvalue weighted by molar-refractivity contribution is -0.120. The molecule has 1 heterocycles. The summed E-state index contributed by atoms with van der Waals surface area (Å²) >= 11 is 0. The zero-order chi connectivity index (χ0) is 19.9. The smallest absolute Gasteiger partial charge is 0.224 e. The van der Waals surface area contributed by atoms with Gasteiger partial charge in [-0.15, -0.1) is 0 Å². The van der Waals surface area contributed by atoms with E-state index in [0.717, 1.165) is 22.3 Å². The summed E-state index contributed by atoms with van der Waals surface area (Å²) in [6.45, 7) is 1.21. The van der Waals surface area contributed by atoms with Gasteiger partial charge in [-0.1, -0.05) is 78.9 Å². The number of amides is 1. The van der Waals surface area contributed by atoms with Crippen LogP contribution in [0.25, 0.3) is 11.1 Å². The van der Waals surface area contributed by atoms with E-state index in [9.17, 15) is 4.79 Å². The molecule has 3 aromatic carbocycles. The molecule has 0 bridgehead atoms. The molecular weight excluding hydrogens is 358 g/mol. The summed E-state index contributed by atoms with van der Waals surface area (Å²) < 4.78 is 1.88. The first kappa shape index (κ1) is 18.7. The molecule has 0 atom stereocenters. The molecule has 0 fully saturated rings. The van der Waals surface area contributed by atoms with Crippen LogP contribution in [0.4, 0.5) is 0 Å². The minimum Gasteiger partial charge on any atom is -0.352 e. The molecule has 0 saturated heterocycles. The zero-order valence-electron chi connectivity index (χ0n) is 16.2. The Morgan fingerprint density at radius 3 is 2.21 bits per heavy atom. The Morgan fingerprint density at radius 2 is 1.48 bits per heavy atom. The summed E-state index contributed by atoms with van der Waals surface area (Å²) in [5.74, 6) is 0.0198. The van der Waals surface area contributed by atoms with Gasteiger partial charge in [-0.05, 0) is 33.9 Å². The lowest BCUT2D eigenvalue weighted by Crippen LogP contribution is -2.25. The van der Waals surface area contributed by atoms with Gasteiger partial charge in [0, 0.05) is 18.9 Å². The largest absolute Gasteiger partial charge is 0.352 e. The van der Waals surface area contributed by atoms with Gasteiger partial charge in [-0.3, -0.25) is 9.48 Å². The van der Waals surface area contributed by atoms with E-state index in [1.807, 2.05) is 65.5 Å². The highest BCUT2D eigenvalue weighted by Crippen LogP contribution is 2.19. The minimum absolute atomic E-state index is 0.0198. The topological polar surface area (TPSA) is 46.9 Å². The molecule has 1 amide bonds. The van der Waals surface area contributed by atoms with Crippen LogP contribution >= 0.6 is 0 Å². The van der Waals surface area contributed by atoms with Crippen LogP contribution in [0.5, 0.6) is 0 Å². The first-order valence-corrected chi connectivity index (χ1v) is 9.73. The van der Waals surface area contributed by atoms with E-state index in [4.69, 9.17) is 0 Å². The van der Waals surface area contributed by atoms with Crippen molar-refractivity contribution in [2.75, 3.05) is 0 Å². The second kappa shape index (κ2) is 9.02. The number of nitrogens with one attached hydrogen (secondary N) is 1. The number of rotatable bonds is 7. The molecular formula is C25H23N3O. The molecule has 0 aliphatic carbocycles. The molecule has 0 spiro atoms. The van der Waals surface area contributed by atoms with Gasteiger partial charge in [-0.25, -0.2) is 0 Å². The third-order valence-corrected chi connectivity index (χ3v) is 4.91. The molecule has 4 rings (SSSR count). The van der Waals surface area contributed by atoms with Crippen LogP contribution in [0.15, 0.2) is 97.3 Å². The summed E-state index contributed by atoms with van der Waals surface area (Å²) in [5, 5.41) is 7.31. The normalized spacial score (nSPS) is 10.6. The fourth-order valence-electron chi connectivity index (χ4n) is 3.34. The SMILES string of the molecule is O=C(Cc1ccc(-c2ccccc2)cc1)NCc1ccccc1Cn1cccn1. The van der Waals surface area contributed by atoms with Crippen molar-refractivity contribution in [2.24, 2.45) is 0 Å². The van der Waals surface area contributed by atoms with E-state index in [-0.39, 0.29) is 5.91 Å². The Balaban J connectivity index is 1.35. The summed E-state index contributed by atoms with van der Waals surface area (Å²) in [6.07, 6.45) is 4.08. The van der Waals surface area contributed by atoms with Crippen LogP contribution in [0, 0.1) is 0 Å². The number of hydrogen-bond acceptors (Lipinski definition) is 2. The van der Waals surface area contributed by atoms with Crippen molar-refractivity contribution in [3.63, 3.8) is 0 Å². The lowest BCUT2D eigenvalue weighted by atomic mass is 10.0. The van der Waals surface area contributed by atoms with Gasteiger partial charge in [0.05, 0.1) is 13.0 Å². The number of benzene rings is 3. The van der Waals surface area contributed by atoms with Crippen LogP contribution in [0.1, 0.15) is 16.7 Å². The van der Waals surface area contributed by atoms with Crippen molar-refractivity contribution < 1.29 is 4.79 Å². The van der Waals surface area contributed by atoms with E-state index in [0.29, 0.717) is 19.5 Å². The number of hydrogen-bond donors (Lipinski definition) is 1. The molecule has 144 valence electrons. The molecule has 4 nitrogen and oxygen atoms in total. The maximum Gasteiger partial charge on any atom is 0.224 e. The molecule has 4 heteroatoms. The van der Waals surface area contributed by atoms with Gasteiger partial charge in [0.25, 0.3) is 0 Å². The summed E-state index contributed by atoms with van der Waals surface area (Å²) in [6, 6.07) is 28.5. The van der Waals surface area contributed by atoms with Gasteiger partial charge in [0.2, 0.25) is 5.91 Å². The third-order valence-electron chi connectivity index (χ3n) is 4.91. The van der Waals surface area contributed by atoms with Crippen molar-refractivity contribution in [3.05, 3.63) is 114 Å². The molecule has 29 heavy (non-hydrogen) atoms. The lowest BCUT2D eigenvalue weighted by Gasteiger charge is -2.11. The van der Waals surface area contributed by atoms with E-state index >= 15 is 0 Å². The first-order valence-electron chi connectivity index (χ1n) is 9.73. The second-order valence-corrected chi connectivity index (χ2v) is 6.99. The summed E-state index contributed by atoms with van der Waals surface area (Å²) in [5.41, 5.74) is 5.60. The monoisotopic (exact) mass is 381 g/mol. The molecule has 1 N–H and O–H groups in total. The molecule has 0 saturated carbocycles. The molecule has 0 aliphatic rings. The van der Waals surface area contributed by atoms with E-state index in [2.05, 4.69) is 40.7 Å². The Morgan fingerprint density at radius 1 is 0.793 bits per heavy atom. The van der Waals surface area contributed by atoms with Crippen LogP contribution < -0.4 is 5.32 Å². The van der Waals surface area contributed by atoms with E-state index in [1.165, 1.54) is 5.56 Å². The number of nitrogens with zero attached hydrogens (tertiary/aromatic N) is 2. The summed E-state index contributed by atoms with van der Waals surface area (Å²) in [7, 11) is 0. The highest BCUT2D eigenvalue weighted by atomic mass is 16.1. The number of carbonyl (C=O) groups excluding carboxylic acids is 1. The van der Waals surface area contributed by atoms with Gasteiger partial charge >= 0.3 is 0 Å². The van der Waals surface area contributed by atoms with Crippen LogP contribution in [0.2, 0.25) is 0 Å². The van der Waals surface area contributed by atoms with Crippen molar-refractivity contribution >= 4 is 5.91 Å². The minimum atomic E-state index is 0.0198. The number of carbonyl (C=O) groups is 1. The maximum absolute atomic E-state index is 12.4. The second-order valence-electron chi connectivity index (χ2n) is 6.99. The Bertz CT molecular complexity index is 1050. The Hall–Kier alpha value is -3.66.